The third-order valence-corrected chi connectivity index (χ3v) is 4.86. The standard InChI is InChI=1S/C16H21NO2/c1-17-10-4-5-12-6-7-13(11-14(12)17)16(15(18)19)8-2-3-9-16/h6-7,11H,2-5,8-10H2,1H3,(H,18,19). The summed E-state index contributed by atoms with van der Waals surface area (Å²) in [5, 5.41) is 9.67. The Kier molecular flexibility index (Phi) is 3.00. The van der Waals surface area contributed by atoms with Crippen LogP contribution in [0.4, 0.5) is 5.69 Å². The van der Waals surface area contributed by atoms with Gasteiger partial charge in [-0.1, -0.05) is 25.0 Å². The molecule has 0 spiro atoms. The van der Waals surface area contributed by atoms with Crippen LogP contribution >= 0.6 is 0 Å². The van der Waals surface area contributed by atoms with E-state index in [9.17, 15) is 9.90 Å². The first-order valence-electron chi connectivity index (χ1n) is 7.21. The van der Waals surface area contributed by atoms with Gasteiger partial charge in [0.05, 0.1) is 5.41 Å². The number of rotatable bonds is 2. The van der Waals surface area contributed by atoms with E-state index in [0.29, 0.717) is 0 Å². The average molecular weight is 259 g/mol. The molecule has 0 unspecified atom stereocenters. The van der Waals surface area contributed by atoms with E-state index in [-0.39, 0.29) is 0 Å². The van der Waals surface area contributed by atoms with Crippen LogP contribution in [0, 0.1) is 0 Å². The summed E-state index contributed by atoms with van der Waals surface area (Å²) in [7, 11) is 2.10. The maximum Gasteiger partial charge on any atom is 0.314 e. The van der Waals surface area contributed by atoms with E-state index in [2.05, 4.69) is 30.1 Å². The second-order valence-electron chi connectivity index (χ2n) is 5.96. The molecule has 0 aromatic heterocycles. The van der Waals surface area contributed by atoms with Crippen LogP contribution in [0.2, 0.25) is 0 Å². The van der Waals surface area contributed by atoms with E-state index in [1.807, 2.05) is 0 Å². The molecule has 3 heteroatoms. The second-order valence-corrected chi connectivity index (χ2v) is 5.96. The Morgan fingerprint density at radius 1 is 1.26 bits per heavy atom. The third kappa shape index (κ3) is 1.92. The molecule has 0 amide bonds. The predicted molar refractivity (Wildman–Crippen MR) is 75.8 cm³/mol. The molecular weight excluding hydrogens is 238 g/mol. The molecule has 0 bridgehead atoms. The van der Waals surface area contributed by atoms with Crippen molar-refractivity contribution in [1.82, 2.24) is 0 Å². The lowest BCUT2D eigenvalue weighted by molar-refractivity contribution is -0.143. The van der Waals surface area contributed by atoms with Crippen LogP contribution in [-0.2, 0) is 16.6 Å². The molecule has 1 heterocycles. The molecule has 1 aliphatic carbocycles. The number of nitrogens with zero attached hydrogens (tertiary/aromatic N) is 1. The van der Waals surface area contributed by atoms with Crippen LogP contribution in [0.1, 0.15) is 43.2 Å². The highest BCUT2D eigenvalue weighted by Gasteiger charge is 2.43. The van der Waals surface area contributed by atoms with Crippen LogP contribution in [0.15, 0.2) is 18.2 Å². The topological polar surface area (TPSA) is 40.5 Å². The van der Waals surface area contributed by atoms with Gasteiger partial charge in [0, 0.05) is 19.3 Å². The van der Waals surface area contributed by atoms with Gasteiger partial charge in [-0.3, -0.25) is 4.79 Å². The zero-order valence-corrected chi connectivity index (χ0v) is 11.5. The number of hydrogen-bond donors (Lipinski definition) is 1. The average Bonchev–Trinajstić information content (AvgIpc) is 2.89. The summed E-state index contributed by atoms with van der Waals surface area (Å²) < 4.78 is 0. The molecule has 1 aliphatic heterocycles. The minimum atomic E-state index is -0.650. The fourth-order valence-corrected chi connectivity index (χ4v) is 3.66. The Labute approximate surface area is 114 Å². The van der Waals surface area contributed by atoms with Crippen molar-refractivity contribution < 1.29 is 9.90 Å². The van der Waals surface area contributed by atoms with Gasteiger partial charge in [0.25, 0.3) is 0 Å². The lowest BCUT2D eigenvalue weighted by Crippen LogP contribution is -2.33. The highest BCUT2D eigenvalue weighted by atomic mass is 16.4. The summed E-state index contributed by atoms with van der Waals surface area (Å²) in [6.07, 6.45) is 5.92. The molecule has 1 fully saturated rings. The fraction of sp³-hybridized carbons (Fsp3) is 0.562. The molecule has 1 saturated carbocycles. The first-order valence-corrected chi connectivity index (χ1v) is 7.21. The zero-order chi connectivity index (χ0) is 13.5. The van der Waals surface area contributed by atoms with Crippen molar-refractivity contribution in [3.05, 3.63) is 29.3 Å². The van der Waals surface area contributed by atoms with E-state index in [1.165, 1.54) is 17.7 Å². The smallest absolute Gasteiger partial charge is 0.314 e. The number of aliphatic carboxylic acids is 1. The van der Waals surface area contributed by atoms with Gasteiger partial charge in [-0.05, 0) is 42.9 Å². The van der Waals surface area contributed by atoms with Gasteiger partial charge in [0.1, 0.15) is 0 Å². The van der Waals surface area contributed by atoms with Gasteiger partial charge in [-0.25, -0.2) is 0 Å². The minimum absolute atomic E-state index is 0.632. The SMILES string of the molecule is CN1CCCc2ccc(C3(C(=O)O)CCCC3)cc21. The summed E-state index contributed by atoms with van der Waals surface area (Å²) in [6.45, 7) is 1.07. The number of aryl methyl sites for hydroxylation is 1. The van der Waals surface area contributed by atoms with E-state index in [4.69, 9.17) is 0 Å². The molecule has 102 valence electrons. The summed E-state index contributed by atoms with van der Waals surface area (Å²) in [5.74, 6) is -0.650. The van der Waals surface area contributed by atoms with Gasteiger partial charge >= 0.3 is 5.97 Å². The highest BCUT2D eigenvalue weighted by molar-refractivity contribution is 5.82. The number of hydrogen-bond acceptors (Lipinski definition) is 2. The minimum Gasteiger partial charge on any atom is -0.481 e. The Bertz CT molecular complexity index is 503. The maximum absolute atomic E-state index is 11.8. The molecule has 0 radical (unpaired) electrons. The highest BCUT2D eigenvalue weighted by Crippen LogP contribution is 2.43. The van der Waals surface area contributed by atoms with Crippen molar-refractivity contribution in [1.29, 1.82) is 0 Å². The van der Waals surface area contributed by atoms with Crippen LogP contribution in [0.25, 0.3) is 0 Å². The van der Waals surface area contributed by atoms with E-state index >= 15 is 0 Å². The summed E-state index contributed by atoms with van der Waals surface area (Å²) in [6, 6.07) is 6.33. The zero-order valence-electron chi connectivity index (χ0n) is 11.5. The maximum atomic E-state index is 11.8. The fourth-order valence-electron chi connectivity index (χ4n) is 3.66. The first kappa shape index (κ1) is 12.5. The molecule has 2 aliphatic rings. The van der Waals surface area contributed by atoms with Crippen molar-refractivity contribution in [2.45, 2.75) is 43.9 Å². The van der Waals surface area contributed by atoms with Crippen LogP contribution < -0.4 is 4.90 Å². The number of carboxylic acids is 1. The number of fused-ring (bicyclic) bond motifs is 1. The van der Waals surface area contributed by atoms with Crippen molar-refractivity contribution in [3.8, 4) is 0 Å². The molecule has 1 aromatic carbocycles. The molecular formula is C16H21NO2. The molecule has 3 rings (SSSR count). The Hall–Kier alpha value is -1.51. The number of carboxylic acid groups (broad SMARTS) is 1. The van der Waals surface area contributed by atoms with Gasteiger partial charge in [-0.15, -0.1) is 0 Å². The third-order valence-electron chi connectivity index (χ3n) is 4.86. The molecule has 3 nitrogen and oxygen atoms in total. The van der Waals surface area contributed by atoms with Gasteiger partial charge in [-0.2, -0.15) is 0 Å². The summed E-state index contributed by atoms with van der Waals surface area (Å²) >= 11 is 0. The number of benzene rings is 1. The quantitative estimate of drug-likeness (QED) is 0.887. The first-order chi connectivity index (χ1) is 9.13. The van der Waals surface area contributed by atoms with Gasteiger partial charge in [0.15, 0.2) is 0 Å². The van der Waals surface area contributed by atoms with Crippen LogP contribution in [0.5, 0.6) is 0 Å². The monoisotopic (exact) mass is 259 g/mol. The predicted octanol–water partition coefficient (Wildman–Crippen LogP) is 2.97. The van der Waals surface area contributed by atoms with E-state index < -0.39 is 11.4 Å². The van der Waals surface area contributed by atoms with Gasteiger partial charge in [0.2, 0.25) is 0 Å². The Morgan fingerprint density at radius 2 is 2.00 bits per heavy atom. The van der Waals surface area contributed by atoms with Crippen molar-refractivity contribution in [2.75, 3.05) is 18.5 Å². The van der Waals surface area contributed by atoms with Crippen molar-refractivity contribution in [3.63, 3.8) is 0 Å². The lowest BCUT2D eigenvalue weighted by atomic mass is 9.78. The number of anilines is 1. The second kappa shape index (κ2) is 4.55. The van der Waals surface area contributed by atoms with E-state index in [1.54, 1.807) is 0 Å². The van der Waals surface area contributed by atoms with Crippen LogP contribution in [-0.4, -0.2) is 24.7 Å². The van der Waals surface area contributed by atoms with Crippen molar-refractivity contribution >= 4 is 11.7 Å². The summed E-state index contributed by atoms with van der Waals surface area (Å²) in [5.41, 5.74) is 2.96. The van der Waals surface area contributed by atoms with Gasteiger partial charge < -0.3 is 10.0 Å². The molecule has 1 aromatic rings. The lowest BCUT2D eigenvalue weighted by Gasteiger charge is -2.31. The molecule has 1 N–H and O–H groups in total. The Morgan fingerprint density at radius 3 is 2.68 bits per heavy atom. The molecule has 0 saturated heterocycles. The van der Waals surface area contributed by atoms with E-state index in [0.717, 1.165) is 44.2 Å². The van der Waals surface area contributed by atoms with Crippen molar-refractivity contribution in [2.24, 2.45) is 0 Å². The largest absolute Gasteiger partial charge is 0.481 e. The normalized spacial score (nSPS) is 21.2. The summed E-state index contributed by atoms with van der Waals surface area (Å²) in [4.78, 5) is 14.0. The Balaban J connectivity index is 2.05. The number of carbonyl (C=O) groups is 1. The van der Waals surface area contributed by atoms with Crippen LogP contribution in [0.3, 0.4) is 0 Å². The molecule has 19 heavy (non-hydrogen) atoms. The molecule has 0 atom stereocenters.